The summed E-state index contributed by atoms with van der Waals surface area (Å²) in [4.78, 5) is 0. The van der Waals surface area contributed by atoms with E-state index >= 15 is 0 Å². The Kier molecular flexibility index (Phi) is 4.52. The molecule has 2 nitrogen and oxygen atoms in total. The van der Waals surface area contributed by atoms with Crippen LogP contribution in [-0.4, -0.2) is 6.61 Å². The molecule has 1 rings (SSSR count). The Bertz CT molecular complexity index is 265. The van der Waals surface area contributed by atoms with E-state index in [1.165, 1.54) is 5.56 Å². The van der Waals surface area contributed by atoms with Crippen molar-refractivity contribution < 1.29 is 4.74 Å². The highest BCUT2D eigenvalue weighted by atomic mass is 127. The van der Waals surface area contributed by atoms with Gasteiger partial charge in [0.25, 0.3) is 0 Å². The zero-order valence-corrected chi connectivity index (χ0v) is 10.0. The Morgan fingerprint density at radius 1 is 1.54 bits per heavy atom. The molecule has 0 spiro atoms. The SMILES string of the molecule is CCOc1cccc([C@H](C)NI)c1. The van der Waals surface area contributed by atoms with Gasteiger partial charge in [-0.3, -0.25) is 3.53 Å². The molecule has 0 saturated carbocycles. The van der Waals surface area contributed by atoms with Crippen LogP contribution in [0, 0.1) is 0 Å². The molecule has 0 unspecified atom stereocenters. The van der Waals surface area contributed by atoms with Gasteiger partial charge in [-0.25, -0.2) is 0 Å². The molecule has 1 atom stereocenters. The van der Waals surface area contributed by atoms with Crippen molar-refractivity contribution >= 4 is 22.9 Å². The Hall–Kier alpha value is -0.290. The molecule has 1 aromatic rings. The minimum Gasteiger partial charge on any atom is -0.494 e. The second-order valence-corrected chi connectivity index (χ2v) is 3.46. The second kappa shape index (κ2) is 5.44. The molecule has 0 aliphatic heterocycles. The number of nitrogens with one attached hydrogen (secondary N) is 1. The minimum absolute atomic E-state index is 0.362. The van der Waals surface area contributed by atoms with Crippen LogP contribution in [0.15, 0.2) is 24.3 Å². The van der Waals surface area contributed by atoms with Crippen LogP contribution < -0.4 is 8.27 Å². The maximum Gasteiger partial charge on any atom is 0.119 e. The Labute approximate surface area is 93.2 Å². The number of benzene rings is 1. The van der Waals surface area contributed by atoms with Crippen LogP contribution in [0.25, 0.3) is 0 Å². The quantitative estimate of drug-likeness (QED) is 0.680. The average molecular weight is 291 g/mol. The number of ether oxygens (including phenoxy) is 1. The molecule has 3 heteroatoms. The average Bonchev–Trinajstić information content (AvgIpc) is 2.18. The fourth-order valence-corrected chi connectivity index (χ4v) is 1.46. The Morgan fingerprint density at radius 2 is 2.31 bits per heavy atom. The van der Waals surface area contributed by atoms with Crippen LogP contribution >= 0.6 is 22.9 Å². The van der Waals surface area contributed by atoms with Crippen molar-refractivity contribution in [2.75, 3.05) is 6.61 Å². The van der Waals surface area contributed by atoms with E-state index in [4.69, 9.17) is 4.74 Å². The van der Waals surface area contributed by atoms with Crippen molar-refractivity contribution in [2.24, 2.45) is 0 Å². The van der Waals surface area contributed by atoms with Crippen molar-refractivity contribution in [3.05, 3.63) is 29.8 Å². The van der Waals surface area contributed by atoms with Crippen molar-refractivity contribution in [3.63, 3.8) is 0 Å². The molecule has 1 aromatic carbocycles. The predicted molar refractivity (Wildman–Crippen MR) is 63.2 cm³/mol. The molecule has 1 N–H and O–H groups in total. The molecule has 0 aromatic heterocycles. The van der Waals surface area contributed by atoms with Crippen LogP contribution in [0.2, 0.25) is 0 Å². The van der Waals surface area contributed by atoms with Gasteiger partial charge >= 0.3 is 0 Å². The van der Waals surface area contributed by atoms with Crippen molar-refractivity contribution in [1.29, 1.82) is 0 Å². The van der Waals surface area contributed by atoms with E-state index in [1.807, 2.05) is 19.1 Å². The van der Waals surface area contributed by atoms with E-state index in [9.17, 15) is 0 Å². The fraction of sp³-hybridized carbons (Fsp3) is 0.400. The first kappa shape index (κ1) is 10.8. The van der Waals surface area contributed by atoms with Gasteiger partial charge in [0, 0.05) is 28.9 Å². The summed E-state index contributed by atoms with van der Waals surface area (Å²) in [6.07, 6.45) is 0. The summed E-state index contributed by atoms with van der Waals surface area (Å²) in [5, 5.41) is 0. The van der Waals surface area contributed by atoms with Gasteiger partial charge in [-0.05, 0) is 31.5 Å². The maximum absolute atomic E-state index is 5.41. The Morgan fingerprint density at radius 3 is 2.92 bits per heavy atom. The van der Waals surface area contributed by atoms with Gasteiger partial charge in [0.05, 0.1) is 6.61 Å². The summed E-state index contributed by atoms with van der Waals surface area (Å²) in [6.45, 7) is 4.83. The first-order valence-corrected chi connectivity index (χ1v) is 5.44. The largest absolute Gasteiger partial charge is 0.494 e. The van der Waals surface area contributed by atoms with Gasteiger partial charge in [-0.1, -0.05) is 12.1 Å². The zero-order valence-electron chi connectivity index (χ0n) is 7.88. The number of hydrogen-bond acceptors (Lipinski definition) is 2. The second-order valence-electron chi connectivity index (χ2n) is 2.84. The minimum atomic E-state index is 0.362. The van der Waals surface area contributed by atoms with Gasteiger partial charge in [0.2, 0.25) is 0 Å². The fourth-order valence-electron chi connectivity index (χ4n) is 1.10. The lowest BCUT2D eigenvalue weighted by molar-refractivity contribution is 0.339. The third kappa shape index (κ3) is 3.15. The van der Waals surface area contributed by atoms with E-state index in [1.54, 1.807) is 0 Å². The predicted octanol–water partition coefficient (Wildman–Crippen LogP) is 3.09. The number of halogens is 1. The molecule has 0 bridgehead atoms. The van der Waals surface area contributed by atoms with Crippen molar-refractivity contribution in [3.8, 4) is 5.75 Å². The van der Waals surface area contributed by atoms with E-state index in [-0.39, 0.29) is 0 Å². The maximum atomic E-state index is 5.41. The number of hydrogen-bond donors (Lipinski definition) is 1. The lowest BCUT2D eigenvalue weighted by Crippen LogP contribution is -2.05. The summed E-state index contributed by atoms with van der Waals surface area (Å²) in [5.74, 6) is 0.943. The van der Waals surface area contributed by atoms with Gasteiger partial charge in [-0.15, -0.1) is 0 Å². The van der Waals surface area contributed by atoms with E-state index < -0.39 is 0 Å². The highest BCUT2D eigenvalue weighted by Gasteiger charge is 2.03. The smallest absolute Gasteiger partial charge is 0.119 e. The molecule has 0 aliphatic carbocycles. The van der Waals surface area contributed by atoms with Gasteiger partial charge in [0.15, 0.2) is 0 Å². The molecular formula is C10H14INO. The first-order valence-electron chi connectivity index (χ1n) is 4.36. The van der Waals surface area contributed by atoms with Crippen LogP contribution in [0.1, 0.15) is 25.5 Å². The Balaban J connectivity index is 2.78. The van der Waals surface area contributed by atoms with Crippen LogP contribution in [0.5, 0.6) is 5.75 Å². The first-order chi connectivity index (χ1) is 6.27. The normalized spacial score (nSPS) is 12.5. The highest BCUT2D eigenvalue weighted by Crippen LogP contribution is 2.19. The van der Waals surface area contributed by atoms with Crippen molar-refractivity contribution in [2.45, 2.75) is 19.9 Å². The number of rotatable bonds is 4. The third-order valence-electron chi connectivity index (χ3n) is 1.83. The summed E-state index contributed by atoms with van der Waals surface area (Å²) in [6, 6.07) is 8.53. The summed E-state index contributed by atoms with van der Waals surface area (Å²) >= 11 is 2.16. The zero-order chi connectivity index (χ0) is 9.68. The van der Waals surface area contributed by atoms with Crippen LogP contribution in [-0.2, 0) is 0 Å². The molecule has 0 heterocycles. The molecule has 0 radical (unpaired) electrons. The van der Waals surface area contributed by atoms with E-state index in [0.717, 1.165) is 12.4 Å². The summed E-state index contributed by atoms with van der Waals surface area (Å²) in [5.41, 5.74) is 1.25. The van der Waals surface area contributed by atoms with Gasteiger partial charge in [-0.2, -0.15) is 0 Å². The summed E-state index contributed by atoms with van der Waals surface area (Å²) in [7, 11) is 0. The van der Waals surface area contributed by atoms with Gasteiger partial charge in [0.1, 0.15) is 5.75 Å². The van der Waals surface area contributed by atoms with Crippen molar-refractivity contribution in [1.82, 2.24) is 3.53 Å². The van der Waals surface area contributed by atoms with Crippen LogP contribution in [0.4, 0.5) is 0 Å². The molecule has 72 valence electrons. The van der Waals surface area contributed by atoms with E-state index in [2.05, 4.69) is 45.5 Å². The monoisotopic (exact) mass is 291 g/mol. The topological polar surface area (TPSA) is 21.3 Å². The highest BCUT2D eigenvalue weighted by molar-refractivity contribution is 14.1. The summed E-state index contributed by atoms with van der Waals surface area (Å²) < 4.78 is 8.58. The molecule has 0 aliphatic rings. The molecular weight excluding hydrogens is 277 g/mol. The van der Waals surface area contributed by atoms with Gasteiger partial charge < -0.3 is 4.74 Å². The van der Waals surface area contributed by atoms with Crippen LogP contribution in [0.3, 0.4) is 0 Å². The lowest BCUT2D eigenvalue weighted by atomic mass is 10.1. The molecule has 13 heavy (non-hydrogen) atoms. The standard InChI is InChI=1S/C10H14INO/c1-3-13-10-6-4-5-9(7-10)8(2)12-11/h4-8,12H,3H2,1-2H3/t8-/m0/s1. The third-order valence-corrected chi connectivity index (χ3v) is 2.77. The molecule has 0 saturated heterocycles. The molecule has 0 amide bonds. The lowest BCUT2D eigenvalue weighted by Gasteiger charge is -2.10. The molecule has 0 fully saturated rings. The van der Waals surface area contributed by atoms with E-state index in [0.29, 0.717) is 6.04 Å².